The number of nitrogens with zero attached hydrogens (tertiary/aromatic N) is 1. The van der Waals surface area contributed by atoms with Gasteiger partial charge in [0.1, 0.15) is 0 Å². The van der Waals surface area contributed by atoms with E-state index in [2.05, 4.69) is 35.2 Å². The van der Waals surface area contributed by atoms with Gasteiger partial charge >= 0.3 is 5.97 Å². The van der Waals surface area contributed by atoms with E-state index in [0.717, 1.165) is 18.4 Å². The number of hydrogen-bond donors (Lipinski definition) is 1. The van der Waals surface area contributed by atoms with Gasteiger partial charge in [-0.25, -0.2) is 0 Å². The smallest absolute Gasteiger partial charge is 0.304 e. The number of rotatable bonds is 6. The second kappa shape index (κ2) is 7.44. The number of carboxylic acid groups (broad SMARTS) is 1. The van der Waals surface area contributed by atoms with Crippen LogP contribution in [-0.4, -0.2) is 36.1 Å². The van der Waals surface area contributed by atoms with Gasteiger partial charge in [0.2, 0.25) is 0 Å². The van der Waals surface area contributed by atoms with Gasteiger partial charge in [0, 0.05) is 13.1 Å². The number of benzene rings is 1. The fourth-order valence-corrected chi connectivity index (χ4v) is 3.22. The van der Waals surface area contributed by atoms with Crippen molar-refractivity contribution in [3.05, 3.63) is 35.9 Å². The Bertz CT molecular complexity index is 410. The van der Waals surface area contributed by atoms with Gasteiger partial charge in [-0.05, 0) is 50.1 Å². The lowest BCUT2D eigenvalue weighted by Gasteiger charge is -2.31. The van der Waals surface area contributed by atoms with Crippen molar-refractivity contribution in [3.63, 3.8) is 0 Å². The zero-order chi connectivity index (χ0) is 14.4. The molecular formula is C17H25NO2. The van der Waals surface area contributed by atoms with E-state index in [1.165, 1.54) is 31.2 Å². The van der Waals surface area contributed by atoms with E-state index in [4.69, 9.17) is 5.11 Å². The maximum Gasteiger partial charge on any atom is 0.304 e. The Morgan fingerprint density at radius 2 is 1.85 bits per heavy atom. The first kappa shape index (κ1) is 15.0. The number of aliphatic carboxylic acids is 1. The third-order valence-corrected chi connectivity index (χ3v) is 4.39. The highest BCUT2D eigenvalue weighted by Gasteiger charge is 2.23. The molecule has 0 aliphatic heterocycles. The number of carbonyl (C=O) groups is 1. The highest BCUT2D eigenvalue weighted by Crippen LogP contribution is 2.35. The summed E-state index contributed by atoms with van der Waals surface area (Å²) in [6.07, 6.45) is 5.30. The Morgan fingerprint density at radius 1 is 1.20 bits per heavy atom. The third kappa shape index (κ3) is 4.64. The predicted octanol–water partition coefficient (Wildman–Crippen LogP) is 3.37. The quantitative estimate of drug-likeness (QED) is 0.865. The van der Waals surface area contributed by atoms with Crippen molar-refractivity contribution in [3.8, 4) is 0 Å². The maximum absolute atomic E-state index is 10.6. The van der Waals surface area contributed by atoms with E-state index >= 15 is 0 Å². The molecule has 0 saturated heterocycles. The Morgan fingerprint density at radius 3 is 2.45 bits per heavy atom. The molecule has 0 amide bonds. The number of hydrogen-bond acceptors (Lipinski definition) is 2. The molecule has 3 nitrogen and oxygen atoms in total. The number of carboxylic acids is 1. The minimum Gasteiger partial charge on any atom is -0.481 e. The summed E-state index contributed by atoms with van der Waals surface area (Å²) in [5.41, 5.74) is 1.48. The van der Waals surface area contributed by atoms with E-state index in [9.17, 15) is 4.79 Å². The van der Waals surface area contributed by atoms with Crippen LogP contribution in [0.4, 0.5) is 0 Å². The van der Waals surface area contributed by atoms with Crippen LogP contribution in [0.1, 0.15) is 43.6 Å². The molecule has 0 aromatic heterocycles. The minimum absolute atomic E-state index is 0.246. The summed E-state index contributed by atoms with van der Waals surface area (Å²) < 4.78 is 0. The van der Waals surface area contributed by atoms with Crippen LogP contribution in [0.3, 0.4) is 0 Å². The molecule has 20 heavy (non-hydrogen) atoms. The van der Waals surface area contributed by atoms with Crippen molar-refractivity contribution in [2.75, 3.05) is 20.1 Å². The van der Waals surface area contributed by atoms with Crippen LogP contribution in [0.25, 0.3) is 0 Å². The van der Waals surface area contributed by atoms with Gasteiger partial charge in [0.05, 0.1) is 6.42 Å². The summed E-state index contributed by atoms with van der Waals surface area (Å²) in [4.78, 5) is 12.7. The first-order valence-corrected chi connectivity index (χ1v) is 7.60. The first-order chi connectivity index (χ1) is 9.65. The Hall–Kier alpha value is -1.35. The van der Waals surface area contributed by atoms with Crippen molar-refractivity contribution >= 4 is 5.97 Å². The molecule has 0 spiro atoms. The van der Waals surface area contributed by atoms with Crippen LogP contribution in [0.2, 0.25) is 0 Å². The van der Waals surface area contributed by atoms with Crippen molar-refractivity contribution < 1.29 is 9.90 Å². The van der Waals surface area contributed by atoms with E-state index in [1.54, 1.807) is 0 Å². The summed E-state index contributed by atoms with van der Waals surface area (Å²) >= 11 is 0. The largest absolute Gasteiger partial charge is 0.481 e. The van der Waals surface area contributed by atoms with Crippen LogP contribution < -0.4 is 0 Å². The molecule has 1 aromatic rings. The molecule has 1 N–H and O–H groups in total. The summed E-state index contributed by atoms with van der Waals surface area (Å²) in [7, 11) is 2.03. The van der Waals surface area contributed by atoms with Crippen molar-refractivity contribution in [2.45, 2.75) is 38.0 Å². The van der Waals surface area contributed by atoms with Crippen molar-refractivity contribution in [1.29, 1.82) is 0 Å². The molecule has 3 heteroatoms. The molecule has 1 aliphatic rings. The maximum atomic E-state index is 10.6. The monoisotopic (exact) mass is 275 g/mol. The van der Waals surface area contributed by atoms with Crippen molar-refractivity contribution in [1.82, 2.24) is 4.90 Å². The SMILES string of the molecule is CN(CCC(=O)O)CC1CCC(c2ccccc2)CC1. The molecule has 0 radical (unpaired) electrons. The Balaban J connectivity index is 1.73. The molecule has 110 valence electrons. The van der Waals surface area contributed by atoms with Crippen LogP contribution in [0.5, 0.6) is 0 Å². The molecule has 2 rings (SSSR count). The normalized spacial score (nSPS) is 22.9. The van der Waals surface area contributed by atoms with E-state index in [-0.39, 0.29) is 6.42 Å². The van der Waals surface area contributed by atoms with E-state index < -0.39 is 5.97 Å². The Labute approximate surface area is 121 Å². The summed E-state index contributed by atoms with van der Waals surface area (Å²) in [6, 6.07) is 10.8. The van der Waals surface area contributed by atoms with Crippen LogP contribution in [-0.2, 0) is 4.79 Å². The minimum atomic E-state index is -0.704. The van der Waals surface area contributed by atoms with Gasteiger partial charge in [-0.2, -0.15) is 0 Å². The van der Waals surface area contributed by atoms with Crippen LogP contribution in [0.15, 0.2) is 30.3 Å². The van der Waals surface area contributed by atoms with Gasteiger partial charge in [-0.3, -0.25) is 4.79 Å². The first-order valence-electron chi connectivity index (χ1n) is 7.60. The molecule has 0 heterocycles. The lowest BCUT2D eigenvalue weighted by molar-refractivity contribution is -0.137. The molecule has 1 aliphatic carbocycles. The average molecular weight is 275 g/mol. The third-order valence-electron chi connectivity index (χ3n) is 4.39. The molecule has 0 unspecified atom stereocenters. The fraction of sp³-hybridized carbons (Fsp3) is 0.588. The lowest BCUT2D eigenvalue weighted by atomic mass is 9.78. The molecular weight excluding hydrogens is 250 g/mol. The standard InChI is InChI=1S/C17H25NO2/c1-18(12-11-17(19)20)13-14-7-9-16(10-8-14)15-5-3-2-4-6-15/h2-6,14,16H,7-13H2,1H3,(H,19,20). The van der Waals surface area contributed by atoms with Crippen LogP contribution >= 0.6 is 0 Å². The Kier molecular flexibility index (Phi) is 5.60. The summed E-state index contributed by atoms with van der Waals surface area (Å²) in [5.74, 6) is 0.746. The van der Waals surface area contributed by atoms with Gasteiger partial charge in [-0.1, -0.05) is 30.3 Å². The summed E-state index contributed by atoms with van der Waals surface area (Å²) in [6.45, 7) is 1.70. The molecule has 1 saturated carbocycles. The predicted molar refractivity (Wildman–Crippen MR) is 80.9 cm³/mol. The molecule has 1 fully saturated rings. The topological polar surface area (TPSA) is 40.5 Å². The second-order valence-corrected chi connectivity index (χ2v) is 6.03. The van der Waals surface area contributed by atoms with Gasteiger partial charge in [0.25, 0.3) is 0 Å². The highest BCUT2D eigenvalue weighted by atomic mass is 16.4. The molecule has 0 atom stereocenters. The summed E-state index contributed by atoms with van der Waals surface area (Å²) in [5, 5.41) is 8.70. The zero-order valence-electron chi connectivity index (χ0n) is 12.3. The van der Waals surface area contributed by atoms with Gasteiger partial charge < -0.3 is 10.0 Å². The van der Waals surface area contributed by atoms with Gasteiger partial charge in [-0.15, -0.1) is 0 Å². The average Bonchev–Trinajstić information content (AvgIpc) is 2.47. The second-order valence-electron chi connectivity index (χ2n) is 6.03. The zero-order valence-corrected chi connectivity index (χ0v) is 12.3. The van der Waals surface area contributed by atoms with E-state index in [1.807, 2.05) is 7.05 Å². The van der Waals surface area contributed by atoms with Crippen molar-refractivity contribution in [2.24, 2.45) is 5.92 Å². The van der Waals surface area contributed by atoms with E-state index in [0.29, 0.717) is 6.54 Å². The highest BCUT2D eigenvalue weighted by molar-refractivity contribution is 5.66. The molecule has 0 bridgehead atoms. The van der Waals surface area contributed by atoms with Crippen LogP contribution in [0, 0.1) is 5.92 Å². The molecule has 1 aromatic carbocycles. The fourth-order valence-electron chi connectivity index (χ4n) is 3.22. The lowest BCUT2D eigenvalue weighted by Crippen LogP contribution is -2.30. The van der Waals surface area contributed by atoms with Gasteiger partial charge in [0.15, 0.2) is 0 Å².